The van der Waals surface area contributed by atoms with Crippen molar-refractivity contribution in [1.82, 2.24) is 4.90 Å². The van der Waals surface area contributed by atoms with Gasteiger partial charge in [-0.05, 0) is 111 Å². The van der Waals surface area contributed by atoms with Gasteiger partial charge in [-0.2, -0.15) is 0 Å². The number of nitrogens with zero attached hydrogens (tertiary/aromatic N) is 2. The molecule has 1 amide bonds. The average Bonchev–Trinajstić information content (AvgIpc) is 2.87. The SMILES string of the molecule is Cc1cc(N(C)C(=O)C2CCC(Oc3ccc(F)c(CCO)c3)CC2)ccc1CN1CCC[C@@H](C)C1. The Balaban J connectivity index is 1.30. The molecule has 196 valence electrons. The van der Waals surface area contributed by atoms with E-state index in [1.54, 1.807) is 12.1 Å². The Morgan fingerprint density at radius 3 is 2.58 bits per heavy atom. The number of amides is 1. The number of likely N-dealkylation sites (tertiary alicyclic amines) is 1. The second kappa shape index (κ2) is 12.2. The second-order valence-electron chi connectivity index (χ2n) is 10.8. The number of aliphatic hydroxyl groups excluding tert-OH is 1. The molecule has 4 rings (SSSR count). The molecule has 36 heavy (non-hydrogen) atoms. The predicted octanol–water partition coefficient (Wildman–Crippen LogP) is 5.50. The van der Waals surface area contributed by atoms with Gasteiger partial charge in [0.25, 0.3) is 0 Å². The largest absolute Gasteiger partial charge is 0.490 e. The lowest BCUT2D eigenvalue weighted by Gasteiger charge is -2.32. The standard InChI is InChI=1S/C30H41FN2O3/c1-21-5-4-15-33(19-21)20-25-6-9-26(17-22(25)2)32(3)30(35)23-7-10-27(11-8-23)36-28-12-13-29(31)24(18-28)14-16-34/h6,9,12-13,17-18,21,23,27,34H,4-5,7-8,10-11,14-16,19-20H2,1-3H3/t21-,23?,27?/m1/s1. The van der Waals surface area contributed by atoms with Crippen molar-refractivity contribution in [3.05, 3.63) is 58.9 Å². The summed E-state index contributed by atoms with van der Waals surface area (Å²) >= 11 is 0. The van der Waals surface area contributed by atoms with Crippen LogP contribution in [0.1, 0.15) is 62.1 Å². The number of anilines is 1. The number of piperidine rings is 1. The normalized spacial score (nSPS) is 22.9. The maximum atomic E-state index is 13.8. The van der Waals surface area contributed by atoms with E-state index < -0.39 is 0 Å². The fourth-order valence-corrected chi connectivity index (χ4v) is 5.69. The van der Waals surface area contributed by atoms with Crippen LogP contribution in [-0.2, 0) is 17.8 Å². The third kappa shape index (κ3) is 6.65. The van der Waals surface area contributed by atoms with Crippen LogP contribution in [0.15, 0.2) is 36.4 Å². The summed E-state index contributed by atoms with van der Waals surface area (Å²) in [5, 5.41) is 9.12. The maximum Gasteiger partial charge on any atom is 0.229 e. The Hall–Kier alpha value is -2.44. The highest BCUT2D eigenvalue weighted by atomic mass is 19.1. The van der Waals surface area contributed by atoms with Gasteiger partial charge in [0.15, 0.2) is 0 Å². The molecular formula is C30H41FN2O3. The number of hydrogen-bond donors (Lipinski definition) is 1. The van der Waals surface area contributed by atoms with Crippen LogP contribution in [0.5, 0.6) is 5.75 Å². The molecule has 2 aromatic rings. The van der Waals surface area contributed by atoms with Gasteiger partial charge in [-0.3, -0.25) is 9.69 Å². The van der Waals surface area contributed by atoms with Crippen LogP contribution < -0.4 is 9.64 Å². The van der Waals surface area contributed by atoms with Crippen LogP contribution in [0.3, 0.4) is 0 Å². The van der Waals surface area contributed by atoms with Crippen molar-refractivity contribution in [2.75, 3.05) is 31.6 Å². The molecule has 0 aromatic heterocycles. The van der Waals surface area contributed by atoms with Crippen molar-refractivity contribution in [3.8, 4) is 5.75 Å². The molecule has 1 atom stereocenters. The summed E-state index contributed by atoms with van der Waals surface area (Å²) in [6.45, 7) is 7.70. The van der Waals surface area contributed by atoms with Crippen LogP contribution in [0, 0.1) is 24.6 Å². The van der Waals surface area contributed by atoms with Crippen molar-refractivity contribution in [1.29, 1.82) is 0 Å². The van der Waals surface area contributed by atoms with Crippen molar-refractivity contribution >= 4 is 11.6 Å². The Morgan fingerprint density at radius 2 is 1.89 bits per heavy atom. The molecule has 0 spiro atoms. The number of aryl methyl sites for hydroxylation is 1. The Labute approximate surface area is 215 Å². The first-order valence-electron chi connectivity index (χ1n) is 13.5. The van der Waals surface area contributed by atoms with E-state index in [-0.39, 0.29) is 36.8 Å². The minimum atomic E-state index is -0.321. The first-order valence-corrected chi connectivity index (χ1v) is 13.5. The van der Waals surface area contributed by atoms with Crippen LogP contribution in [-0.4, -0.2) is 48.8 Å². The molecule has 2 aromatic carbocycles. The summed E-state index contributed by atoms with van der Waals surface area (Å²) in [6.07, 6.45) is 6.04. The quantitative estimate of drug-likeness (QED) is 0.524. The molecule has 1 N–H and O–H groups in total. The van der Waals surface area contributed by atoms with Gasteiger partial charge in [0.1, 0.15) is 11.6 Å². The van der Waals surface area contributed by atoms with Crippen LogP contribution in [0.4, 0.5) is 10.1 Å². The van der Waals surface area contributed by atoms with E-state index in [2.05, 4.69) is 36.9 Å². The van der Waals surface area contributed by atoms with E-state index in [0.29, 0.717) is 11.3 Å². The highest BCUT2D eigenvalue weighted by molar-refractivity contribution is 5.94. The summed E-state index contributed by atoms with van der Waals surface area (Å²) in [5.74, 6) is 1.22. The molecule has 1 saturated heterocycles. The van der Waals surface area contributed by atoms with Crippen molar-refractivity contribution in [3.63, 3.8) is 0 Å². The molecular weight excluding hydrogens is 455 g/mol. The molecule has 1 saturated carbocycles. The molecule has 2 fully saturated rings. The average molecular weight is 497 g/mol. The van der Waals surface area contributed by atoms with Gasteiger partial charge in [-0.15, -0.1) is 0 Å². The number of rotatable bonds is 8. The molecule has 1 heterocycles. The van der Waals surface area contributed by atoms with E-state index in [1.165, 1.54) is 36.6 Å². The van der Waals surface area contributed by atoms with Gasteiger partial charge in [0, 0.05) is 38.3 Å². The molecule has 2 aliphatic rings. The third-order valence-corrected chi connectivity index (χ3v) is 7.90. The van der Waals surface area contributed by atoms with Gasteiger partial charge in [0.2, 0.25) is 5.91 Å². The molecule has 1 aliphatic heterocycles. The van der Waals surface area contributed by atoms with Crippen LogP contribution in [0.2, 0.25) is 0 Å². The smallest absolute Gasteiger partial charge is 0.229 e. The minimum Gasteiger partial charge on any atom is -0.490 e. The summed E-state index contributed by atoms with van der Waals surface area (Å²) in [6, 6.07) is 11.1. The van der Waals surface area contributed by atoms with Crippen LogP contribution in [0.25, 0.3) is 0 Å². The number of hydrogen-bond acceptors (Lipinski definition) is 4. The molecule has 1 aliphatic carbocycles. The first-order chi connectivity index (χ1) is 17.3. The lowest BCUT2D eigenvalue weighted by atomic mass is 9.86. The third-order valence-electron chi connectivity index (χ3n) is 7.90. The van der Waals surface area contributed by atoms with Crippen molar-refractivity contribution in [2.24, 2.45) is 11.8 Å². The molecule has 6 heteroatoms. The minimum absolute atomic E-state index is 0.0113. The van der Waals surface area contributed by atoms with Crippen molar-refractivity contribution in [2.45, 2.75) is 71.4 Å². The van der Waals surface area contributed by atoms with E-state index >= 15 is 0 Å². The van der Waals surface area contributed by atoms with Gasteiger partial charge < -0.3 is 14.7 Å². The van der Waals surface area contributed by atoms with Gasteiger partial charge in [0.05, 0.1) is 6.10 Å². The van der Waals surface area contributed by atoms with E-state index in [4.69, 9.17) is 9.84 Å². The number of ether oxygens (including phenoxy) is 1. The zero-order chi connectivity index (χ0) is 25.7. The van der Waals surface area contributed by atoms with E-state index in [0.717, 1.165) is 50.4 Å². The Kier molecular flexibility index (Phi) is 9.02. The summed E-state index contributed by atoms with van der Waals surface area (Å²) in [7, 11) is 1.88. The highest BCUT2D eigenvalue weighted by Crippen LogP contribution is 2.31. The van der Waals surface area contributed by atoms with Gasteiger partial charge >= 0.3 is 0 Å². The summed E-state index contributed by atoms with van der Waals surface area (Å²) < 4.78 is 19.9. The van der Waals surface area contributed by atoms with Crippen LogP contribution >= 0.6 is 0 Å². The summed E-state index contributed by atoms with van der Waals surface area (Å²) in [5.41, 5.74) is 4.00. The fourth-order valence-electron chi connectivity index (χ4n) is 5.69. The lowest BCUT2D eigenvalue weighted by molar-refractivity contribution is -0.123. The number of carbonyl (C=O) groups excluding carboxylic acids is 1. The molecule has 0 bridgehead atoms. The number of carbonyl (C=O) groups is 1. The lowest BCUT2D eigenvalue weighted by Crippen LogP contribution is -2.37. The second-order valence-corrected chi connectivity index (χ2v) is 10.8. The molecule has 5 nitrogen and oxygen atoms in total. The number of benzene rings is 2. The number of aliphatic hydroxyl groups is 1. The zero-order valence-corrected chi connectivity index (χ0v) is 22.0. The van der Waals surface area contributed by atoms with Crippen molar-refractivity contribution < 1.29 is 19.0 Å². The topological polar surface area (TPSA) is 53.0 Å². The first kappa shape index (κ1) is 26.6. The molecule has 0 radical (unpaired) electrons. The van der Waals surface area contributed by atoms with Gasteiger partial charge in [-0.25, -0.2) is 4.39 Å². The van der Waals surface area contributed by atoms with E-state index in [1.807, 2.05) is 11.9 Å². The fraction of sp³-hybridized carbons (Fsp3) is 0.567. The highest BCUT2D eigenvalue weighted by Gasteiger charge is 2.30. The zero-order valence-electron chi connectivity index (χ0n) is 22.0. The molecule has 0 unspecified atom stereocenters. The monoisotopic (exact) mass is 496 g/mol. The summed E-state index contributed by atoms with van der Waals surface area (Å²) in [4.78, 5) is 17.6. The predicted molar refractivity (Wildman–Crippen MR) is 142 cm³/mol. The maximum absolute atomic E-state index is 13.8. The Bertz CT molecular complexity index is 1030. The van der Waals surface area contributed by atoms with Gasteiger partial charge in [-0.1, -0.05) is 13.0 Å². The van der Waals surface area contributed by atoms with E-state index in [9.17, 15) is 9.18 Å². The Morgan fingerprint density at radius 1 is 1.11 bits per heavy atom. The number of halogens is 1.